The van der Waals surface area contributed by atoms with Crippen molar-refractivity contribution in [1.29, 1.82) is 0 Å². The molecule has 0 spiro atoms. The van der Waals surface area contributed by atoms with Gasteiger partial charge < -0.3 is 15.1 Å². The second kappa shape index (κ2) is 8.13. The molecule has 0 unspecified atom stereocenters. The zero-order chi connectivity index (χ0) is 16.8. The molecule has 1 saturated carbocycles. The molecule has 1 aliphatic heterocycles. The Bertz CT molecular complexity index is 557. The summed E-state index contributed by atoms with van der Waals surface area (Å²) in [6.07, 6.45) is 9.94. The smallest absolute Gasteiger partial charge is 0.317 e. The van der Waals surface area contributed by atoms with E-state index in [2.05, 4.69) is 10.3 Å². The third-order valence-electron chi connectivity index (χ3n) is 4.91. The first kappa shape index (κ1) is 16.7. The first-order valence-corrected chi connectivity index (χ1v) is 8.99. The molecule has 1 aliphatic carbocycles. The predicted molar refractivity (Wildman–Crippen MR) is 91.7 cm³/mol. The minimum Gasteiger partial charge on any atom is -0.337 e. The van der Waals surface area contributed by atoms with Crippen LogP contribution in [0.5, 0.6) is 0 Å². The van der Waals surface area contributed by atoms with E-state index in [1.807, 2.05) is 9.80 Å². The van der Waals surface area contributed by atoms with Crippen molar-refractivity contribution in [1.82, 2.24) is 20.1 Å². The third-order valence-corrected chi connectivity index (χ3v) is 4.91. The highest BCUT2D eigenvalue weighted by Gasteiger charge is 2.24. The molecule has 0 atom stereocenters. The summed E-state index contributed by atoms with van der Waals surface area (Å²) in [5.74, 6) is -0.00219. The number of rotatable bonds is 2. The first-order valence-electron chi connectivity index (χ1n) is 8.99. The summed E-state index contributed by atoms with van der Waals surface area (Å²) >= 11 is 0. The molecule has 3 amide bonds. The number of pyridine rings is 1. The lowest BCUT2D eigenvalue weighted by Gasteiger charge is -2.27. The van der Waals surface area contributed by atoms with Crippen LogP contribution in [-0.2, 0) is 0 Å². The van der Waals surface area contributed by atoms with Crippen LogP contribution < -0.4 is 5.32 Å². The van der Waals surface area contributed by atoms with E-state index in [9.17, 15) is 9.59 Å². The quantitative estimate of drug-likeness (QED) is 0.905. The Morgan fingerprint density at radius 1 is 1.00 bits per heavy atom. The highest BCUT2D eigenvalue weighted by Crippen LogP contribution is 2.18. The van der Waals surface area contributed by atoms with Crippen LogP contribution in [0.15, 0.2) is 24.5 Å². The van der Waals surface area contributed by atoms with Gasteiger partial charge in [0.25, 0.3) is 5.91 Å². The van der Waals surface area contributed by atoms with Crippen LogP contribution >= 0.6 is 0 Å². The van der Waals surface area contributed by atoms with Crippen molar-refractivity contribution in [3.05, 3.63) is 30.1 Å². The van der Waals surface area contributed by atoms with Gasteiger partial charge in [-0.3, -0.25) is 9.78 Å². The zero-order valence-corrected chi connectivity index (χ0v) is 14.1. The second-order valence-corrected chi connectivity index (χ2v) is 6.66. The van der Waals surface area contributed by atoms with Crippen molar-refractivity contribution in [2.45, 2.75) is 44.6 Å². The van der Waals surface area contributed by atoms with E-state index < -0.39 is 0 Å². The Hall–Kier alpha value is -2.11. The molecule has 0 bridgehead atoms. The summed E-state index contributed by atoms with van der Waals surface area (Å²) in [6, 6.07) is 3.91. The fraction of sp³-hybridized carbons (Fsp3) is 0.611. The molecule has 1 aromatic rings. The van der Waals surface area contributed by atoms with E-state index in [4.69, 9.17) is 0 Å². The number of carbonyl (C=O) groups is 2. The molecule has 2 heterocycles. The molecule has 24 heavy (non-hydrogen) atoms. The molecular formula is C18H26N4O2. The van der Waals surface area contributed by atoms with Crippen molar-refractivity contribution in [3.63, 3.8) is 0 Å². The topological polar surface area (TPSA) is 65.5 Å². The van der Waals surface area contributed by atoms with Gasteiger partial charge in [0.15, 0.2) is 0 Å². The number of nitrogens with one attached hydrogen (secondary N) is 1. The summed E-state index contributed by atoms with van der Waals surface area (Å²) in [5, 5.41) is 3.17. The molecule has 0 radical (unpaired) electrons. The van der Waals surface area contributed by atoms with Gasteiger partial charge >= 0.3 is 6.03 Å². The molecule has 0 aromatic carbocycles. The van der Waals surface area contributed by atoms with Crippen LogP contribution in [-0.4, -0.2) is 58.9 Å². The SMILES string of the molecule is O=C(NC1CCCCC1)N1CCCN(C(=O)c2cccnc2)CC1. The minimum atomic E-state index is -0.00219. The Labute approximate surface area is 143 Å². The van der Waals surface area contributed by atoms with Crippen molar-refractivity contribution >= 4 is 11.9 Å². The fourth-order valence-electron chi connectivity index (χ4n) is 3.51. The van der Waals surface area contributed by atoms with Crippen LogP contribution in [0.4, 0.5) is 4.79 Å². The van der Waals surface area contributed by atoms with Gasteiger partial charge in [-0.05, 0) is 31.4 Å². The van der Waals surface area contributed by atoms with Crippen molar-refractivity contribution in [2.75, 3.05) is 26.2 Å². The van der Waals surface area contributed by atoms with Gasteiger partial charge in [0.05, 0.1) is 5.56 Å². The van der Waals surface area contributed by atoms with Gasteiger partial charge in [-0.25, -0.2) is 4.79 Å². The number of urea groups is 1. The maximum atomic E-state index is 12.5. The zero-order valence-electron chi connectivity index (χ0n) is 14.1. The normalized spacial score (nSPS) is 19.7. The monoisotopic (exact) mass is 330 g/mol. The molecule has 2 aliphatic rings. The largest absolute Gasteiger partial charge is 0.337 e. The average Bonchev–Trinajstić information content (AvgIpc) is 2.89. The lowest BCUT2D eigenvalue weighted by molar-refractivity contribution is 0.0761. The summed E-state index contributed by atoms with van der Waals surface area (Å²) < 4.78 is 0. The van der Waals surface area contributed by atoms with E-state index in [1.165, 1.54) is 19.3 Å². The van der Waals surface area contributed by atoms with Crippen LogP contribution in [0.2, 0.25) is 0 Å². The molecule has 130 valence electrons. The molecule has 2 fully saturated rings. The second-order valence-electron chi connectivity index (χ2n) is 6.66. The Kier molecular flexibility index (Phi) is 5.67. The summed E-state index contributed by atoms with van der Waals surface area (Å²) in [5.41, 5.74) is 0.609. The molecule has 1 saturated heterocycles. The van der Waals surface area contributed by atoms with E-state index in [-0.39, 0.29) is 11.9 Å². The van der Waals surface area contributed by atoms with Gasteiger partial charge in [0.1, 0.15) is 0 Å². The number of carbonyl (C=O) groups excluding carboxylic acids is 2. The highest BCUT2D eigenvalue weighted by molar-refractivity contribution is 5.93. The summed E-state index contributed by atoms with van der Waals surface area (Å²) in [7, 11) is 0. The van der Waals surface area contributed by atoms with E-state index >= 15 is 0 Å². The number of amides is 3. The lowest BCUT2D eigenvalue weighted by atomic mass is 9.96. The number of nitrogens with zero attached hydrogens (tertiary/aromatic N) is 3. The van der Waals surface area contributed by atoms with Gasteiger partial charge in [0.2, 0.25) is 0 Å². The number of aromatic nitrogens is 1. The molecule has 6 heteroatoms. The van der Waals surface area contributed by atoms with Gasteiger partial charge in [-0.2, -0.15) is 0 Å². The third kappa shape index (κ3) is 4.24. The summed E-state index contributed by atoms with van der Waals surface area (Å²) in [4.78, 5) is 32.7. The molecule has 6 nitrogen and oxygen atoms in total. The minimum absolute atomic E-state index is 0.00219. The van der Waals surface area contributed by atoms with E-state index in [0.29, 0.717) is 37.8 Å². The van der Waals surface area contributed by atoms with Crippen molar-refractivity contribution in [2.24, 2.45) is 0 Å². The lowest BCUT2D eigenvalue weighted by Crippen LogP contribution is -2.46. The van der Waals surface area contributed by atoms with Crippen molar-refractivity contribution in [3.8, 4) is 0 Å². The van der Waals surface area contributed by atoms with Gasteiger partial charge in [0, 0.05) is 44.6 Å². The Balaban J connectivity index is 1.52. The fourth-order valence-corrected chi connectivity index (χ4v) is 3.51. The predicted octanol–water partition coefficient (Wildman–Crippen LogP) is 2.27. The first-order chi connectivity index (χ1) is 11.7. The van der Waals surface area contributed by atoms with E-state index in [0.717, 1.165) is 19.3 Å². The Morgan fingerprint density at radius 2 is 1.75 bits per heavy atom. The standard InChI is InChI=1S/C18H26N4O2/c23-17(15-6-4-9-19-14-15)21-10-5-11-22(13-12-21)18(24)20-16-7-2-1-3-8-16/h4,6,9,14,16H,1-3,5,7-8,10-13H2,(H,20,24). The molecule has 3 rings (SSSR count). The molecule has 1 aromatic heterocycles. The van der Waals surface area contributed by atoms with Crippen LogP contribution in [0, 0.1) is 0 Å². The highest BCUT2D eigenvalue weighted by atomic mass is 16.2. The molecule has 1 N–H and O–H groups in total. The van der Waals surface area contributed by atoms with Gasteiger partial charge in [-0.15, -0.1) is 0 Å². The summed E-state index contributed by atoms with van der Waals surface area (Å²) in [6.45, 7) is 2.55. The van der Waals surface area contributed by atoms with Crippen LogP contribution in [0.1, 0.15) is 48.9 Å². The number of hydrogen-bond donors (Lipinski definition) is 1. The Morgan fingerprint density at radius 3 is 2.50 bits per heavy atom. The van der Waals surface area contributed by atoms with Crippen molar-refractivity contribution < 1.29 is 9.59 Å². The maximum Gasteiger partial charge on any atom is 0.317 e. The van der Waals surface area contributed by atoms with Gasteiger partial charge in [-0.1, -0.05) is 19.3 Å². The van der Waals surface area contributed by atoms with Crippen LogP contribution in [0.3, 0.4) is 0 Å². The maximum absolute atomic E-state index is 12.5. The average molecular weight is 330 g/mol. The van der Waals surface area contributed by atoms with Crippen LogP contribution in [0.25, 0.3) is 0 Å². The van der Waals surface area contributed by atoms with E-state index in [1.54, 1.807) is 24.5 Å². The molecular weight excluding hydrogens is 304 g/mol. The number of hydrogen-bond acceptors (Lipinski definition) is 3.